The molecule has 2 heterocycles. The van der Waals surface area contributed by atoms with Crippen molar-refractivity contribution in [2.24, 2.45) is 0 Å². The maximum Gasteiger partial charge on any atom is 0.226 e. The van der Waals surface area contributed by atoms with Crippen molar-refractivity contribution >= 4 is 17.2 Å². The molecule has 0 aliphatic carbocycles. The summed E-state index contributed by atoms with van der Waals surface area (Å²) in [5, 5.41) is 5.93. The SMILES string of the molecule is CCOc1ccccc1-c1nc(CC(=O)NC2CCOc3ccccc32)cs1. The van der Waals surface area contributed by atoms with Crippen LogP contribution in [0.15, 0.2) is 53.9 Å². The molecule has 144 valence electrons. The molecule has 1 aliphatic heterocycles. The number of nitrogens with zero attached hydrogens (tertiary/aromatic N) is 1. The molecule has 1 aromatic heterocycles. The van der Waals surface area contributed by atoms with Gasteiger partial charge in [0.25, 0.3) is 0 Å². The molecule has 1 unspecified atom stereocenters. The number of benzene rings is 2. The highest BCUT2D eigenvalue weighted by Crippen LogP contribution is 2.33. The lowest BCUT2D eigenvalue weighted by Crippen LogP contribution is -2.33. The molecule has 1 N–H and O–H groups in total. The molecule has 5 nitrogen and oxygen atoms in total. The van der Waals surface area contributed by atoms with Crippen LogP contribution in [0.2, 0.25) is 0 Å². The van der Waals surface area contributed by atoms with Gasteiger partial charge in [-0.05, 0) is 25.1 Å². The molecule has 3 aromatic rings. The van der Waals surface area contributed by atoms with Crippen molar-refractivity contribution < 1.29 is 14.3 Å². The van der Waals surface area contributed by atoms with Gasteiger partial charge in [-0.25, -0.2) is 4.98 Å². The van der Waals surface area contributed by atoms with E-state index in [1.54, 1.807) is 0 Å². The maximum atomic E-state index is 12.6. The van der Waals surface area contributed by atoms with E-state index in [-0.39, 0.29) is 18.4 Å². The van der Waals surface area contributed by atoms with Crippen molar-refractivity contribution in [1.82, 2.24) is 10.3 Å². The van der Waals surface area contributed by atoms with Crippen molar-refractivity contribution in [1.29, 1.82) is 0 Å². The number of amides is 1. The second kappa shape index (κ2) is 8.44. The molecule has 0 radical (unpaired) electrons. The molecule has 28 heavy (non-hydrogen) atoms. The van der Waals surface area contributed by atoms with Crippen LogP contribution < -0.4 is 14.8 Å². The van der Waals surface area contributed by atoms with Gasteiger partial charge in [0.05, 0.1) is 36.9 Å². The van der Waals surface area contributed by atoms with E-state index in [9.17, 15) is 4.79 Å². The maximum absolute atomic E-state index is 12.6. The standard InChI is InChI=1S/C22H22N2O3S/c1-2-26-20-10-6-4-8-17(20)22-23-15(14-28-22)13-21(25)24-18-11-12-27-19-9-5-3-7-16(18)19/h3-10,14,18H,2,11-13H2,1H3,(H,24,25). The van der Waals surface area contributed by atoms with Gasteiger partial charge in [-0.15, -0.1) is 11.3 Å². The quantitative estimate of drug-likeness (QED) is 0.674. The predicted octanol–water partition coefficient (Wildman–Crippen LogP) is 4.39. The van der Waals surface area contributed by atoms with Crippen LogP contribution in [0.4, 0.5) is 0 Å². The lowest BCUT2D eigenvalue weighted by Gasteiger charge is -2.26. The van der Waals surface area contributed by atoms with Crippen LogP contribution in [0.25, 0.3) is 10.6 Å². The molecule has 6 heteroatoms. The molecule has 1 atom stereocenters. The summed E-state index contributed by atoms with van der Waals surface area (Å²) in [4.78, 5) is 17.2. The Morgan fingerprint density at radius 2 is 2.07 bits per heavy atom. The first-order chi connectivity index (χ1) is 13.7. The van der Waals surface area contributed by atoms with Crippen molar-refractivity contribution in [3.8, 4) is 22.1 Å². The second-order valence-electron chi connectivity index (χ2n) is 6.55. The zero-order valence-electron chi connectivity index (χ0n) is 15.7. The Morgan fingerprint density at radius 3 is 2.96 bits per heavy atom. The lowest BCUT2D eigenvalue weighted by atomic mass is 10.0. The lowest BCUT2D eigenvalue weighted by molar-refractivity contribution is -0.121. The molecule has 0 saturated heterocycles. The molecule has 0 spiro atoms. The van der Waals surface area contributed by atoms with Crippen LogP contribution >= 0.6 is 11.3 Å². The van der Waals surface area contributed by atoms with Crippen molar-refractivity contribution in [3.05, 3.63) is 65.2 Å². The smallest absolute Gasteiger partial charge is 0.226 e. The van der Waals surface area contributed by atoms with Gasteiger partial charge >= 0.3 is 0 Å². The van der Waals surface area contributed by atoms with E-state index >= 15 is 0 Å². The molecule has 0 bridgehead atoms. The molecule has 0 fully saturated rings. The fourth-order valence-corrected chi connectivity index (χ4v) is 4.19. The fourth-order valence-electron chi connectivity index (χ4n) is 3.34. The highest BCUT2D eigenvalue weighted by atomic mass is 32.1. The zero-order chi connectivity index (χ0) is 19.3. The van der Waals surface area contributed by atoms with Crippen molar-refractivity contribution in [2.45, 2.75) is 25.8 Å². The van der Waals surface area contributed by atoms with Gasteiger partial charge in [-0.2, -0.15) is 0 Å². The molecular formula is C22H22N2O3S. The third-order valence-corrected chi connectivity index (χ3v) is 5.53. The van der Waals surface area contributed by atoms with Crippen molar-refractivity contribution in [3.63, 3.8) is 0 Å². The Morgan fingerprint density at radius 1 is 1.25 bits per heavy atom. The number of rotatable bonds is 6. The van der Waals surface area contributed by atoms with E-state index in [4.69, 9.17) is 9.47 Å². The van der Waals surface area contributed by atoms with Gasteiger partial charge in [0.2, 0.25) is 5.91 Å². The Balaban J connectivity index is 1.44. The largest absolute Gasteiger partial charge is 0.493 e. The third kappa shape index (κ3) is 4.02. The Bertz CT molecular complexity index is 970. The van der Waals surface area contributed by atoms with E-state index in [1.165, 1.54) is 11.3 Å². The summed E-state index contributed by atoms with van der Waals surface area (Å²) in [7, 11) is 0. The summed E-state index contributed by atoms with van der Waals surface area (Å²) in [6, 6.07) is 15.7. The molecule has 4 rings (SSSR count). The highest BCUT2D eigenvalue weighted by molar-refractivity contribution is 7.13. The van der Waals surface area contributed by atoms with E-state index in [0.29, 0.717) is 13.2 Å². The summed E-state index contributed by atoms with van der Waals surface area (Å²) in [5.41, 5.74) is 2.76. The average Bonchev–Trinajstić information content (AvgIpc) is 3.17. The van der Waals surface area contributed by atoms with Gasteiger partial charge in [0, 0.05) is 17.4 Å². The van der Waals surface area contributed by atoms with E-state index in [2.05, 4.69) is 10.3 Å². The number of aromatic nitrogens is 1. The molecule has 1 aliphatic rings. The van der Waals surface area contributed by atoms with Gasteiger partial charge in [0.1, 0.15) is 16.5 Å². The summed E-state index contributed by atoms with van der Waals surface area (Å²) >= 11 is 1.53. The van der Waals surface area contributed by atoms with Crippen LogP contribution in [0.5, 0.6) is 11.5 Å². The number of nitrogens with one attached hydrogen (secondary N) is 1. The minimum Gasteiger partial charge on any atom is -0.493 e. The second-order valence-corrected chi connectivity index (χ2v) is 7.40. The Kier molecular flexibility index (Phi) is 5.58. The van der Waals surface area contributed by atoms with Crippen LogP contribution in [0, 0.1) is 0 Å². The fraction of sp³-hybridized carbons (Fsp3) is 0.273. The van der Waals surface area contributed by atoms with Gasteiger partial charge in [0.15, 0.2) is 0 Å². The summed E-state index contributed by atoms with van der Waals surface area (Å²) < 4.78 is 11.4. The summed E-state index contributed by atoms with van der Waals surface area (Å²) in [6.45, 7) is 3.17. The molecular weight excluding hydrogens is 372 g/mol. The Labute approximate surface area is 168 Å². The number of hydrogen-bond acceptors (Lipinski definition) is 5. The van der Waals surface area contributed by atoms with Crippen LogP contribution in [-0.2, 0) is 11.2 Å². The first-order valence-electron chi connectivity index (χ1n) is 9.42. The van der Waals surface area contributed by atoms with E-state index in [1.807, 2.05) is 60.8 Å². The molecule has 2 aromatic carbocycles. The minimum absolute atomic E-state index is 0.0192. The van der Waals surface area contributed by atoms with Gasteiger partial charge in [-0.3, -0.25) is 4.79 Å². The Hall–Kier alpha value is -2.86. The number of carbonyl (C=O) groups is 1. The molecule has 0 saturated carbocycles. The monoisotopic (exact) mass is 394 g/mol. The topological polar surface area (TPSA) is 60.5 Å². The van der Waals surface area contributed by atoms with Crippen LogP contribution in [0.1, 0.15) is 30.6 Å². The van der Waals surface area contributed by atoms with E-state index in [0.717, 1.165) is 39.7 Å². The first kappa shape index (κ1) is 18.5. The van der Waals surface area contributed by atoms with Gasteiger partial charge in [-0.1, -0.05) is 30.3 Å². The normalized spacial score (nSPS) is 15.4. The van der Waals surface area contributed by atoms with E-state index < -0.39 is 0 Å². The first-order valence-corrected chi connectivity index (χ1v) is 10.3. The zero-order valence-corrected chi connectivity index (χ0v) is 16.5. The van der Waals surface area contributed by atoms with Crippen molar-refractivity contribution in [2.75, 3.05) is 13.2 Å². The summed E-state index contributed by atoms with van der Waals surface area (Å²) in [6.07, 6.45) is 1.03. The number of carbonyl (C=O) groups excluding carboxylic acids is 1. The number of fused-ring (bicyclic) bond motifs is 1. The number of ether oxygens (including phenoxy) is 2. The minimum atomic E-state index is -0.0309. The number of para-hydroxylation sites is 2. The highest BCUT2D eigenvalue weighted by Gasteiger charge is 2.23. The predicted molar refractivity (Wildman–Crippen MR) is 110 cm³/mol. The average molecular weight is 394 g/mol. The number of hydrogen-bond donors (Lipinski definition) is 1. The third-order valence-electron chi connectivity index (χ3n) is 4.60. The van der Waals surface area contributed by atoms with Crippen LogP contribution in [0.3, 0.4) is 0 Å². The van der Waals surface area contributed by atoms with Gasteiger partial charge < -0.3 is 14.8 Å². The number of thiazole rings is 1. The summed E-state index contributed by atoms with van der Waals surface area (Å²) in [5.74, 6) is 1.63. The molecule has 1 amide bonds. The van der Waals surface area contributed by atoms with Crippen LogP contribution in [-0.4, -0.2) is 24.1 Å².